The normalized spacial score (nSPS) is 53.2. The van der Waals surface area contributed by atoms with Gasteiger partial charge in [-0.3, -0.25) is 0 Å². The molecule has 0 aromatic carbocycles. The maximum Gasteiger partial charge on any atom is 0.340 e. The molecular weight excluding hydrogens is 1290 g/mol. The Hall–Kier alpha value is -2.28. The smallest absolute Gasteiger partial charge is 0.340 e. The number of hydrogen-bond donors (Lipinski definition) is 18. The average molecular weight is 1400 g/mol. The van der Waals surface area contributed by atoms with E-state index in [-0.39, 0.29) is 29.6 Å². The second-order valence-corrected chi connectivity index (χ2v) is 30.3. The van der Waals surface area contributed by atoms with E-state index in [2.05, 4.69) is 20.8 Å². The molecule has 6 saturated heterocycles. The number of carbonyl (C=O) groups excluding carboxylic acids is 2. The lowest BCUT2D eigenvalue weighted by Crippen LogP contribution is -2.67. The molecule has 10 aliphatic rings. The van der Waals surface area contributed by atoms with Gasteiger partial charge in [0, 0.05) is 5.92 Å². The zero-order chi connectivity index (χ0) is 71.1. The number of carbonyl (C=O) groups is 2. The number of fused-ring (bicyclic) bond motifs is 5. The SMILES string of the molecule is CC(C)=CCC[C@@](O)(C(=O)O[C@@H]1O[C@H](CO)[C@@H](O)[C@H](O)[C@H]1O)[C@H]1CC[C@]2(C)[C@@H]1CC[C@@H]1[C@@]3(C)CC[C@H](O[C@@H]4OC[C@H](O)[C@H](O[C@@H]5O[C@H](CO[C@@H]6O[C@@H](C)[C@H](O)[C@@H](O)[C@H]6O[C@@H]6O[C@H](CO)[C@@H](O)[C@H](O)[C@H]6O[C@@H]6O[C@@H](C)[C@H](O)[C@@H](O)[C@H]6O)[C@@H](O)[C@H](O)[C@H]5O)[C@H]4O)[C@](C)(C=O)[C@@H]3CC[C@]12C. The molecule has 6 heterocycles. The third-order valence-corrected chi connectivity index (χ3v) is 24.5. The van der Waals surface area contributed by atoms with Gasteiger partial charge < -0.3 is 154 Å². The molecule has 10 rings (SSSR count). The fourth-order valence-corrected chi connectivity index (χ4v) is 18.6. The van der Waals surface area contributed by atoms with Crippen molar-refractivity contribution in [3.63, 3.8) is 0 Å². The molecule has 32 nitrogen and oxygen atoms in total. The molecule has 6 aliphatic heterocycles. The molecule has 0 aromatic rings. The summed E-state index contributed by atoms with van der Waals surface area (Å²) in [7, 11) is 0. The van der Waals surface area contributed by atoms with Crippen molar-refractivity contribution in [2.45, 2.75) is 309 Å². The summed E-state index contributed by atoms with van der Waals surface area (Å²) >= 11 is 0. The van der Waals surface area contributed by atoms with Crippen molar-refractivity contribution in [3.8, 4) is 0 Å². The van der Waals surface area contributed by atoms with Crippen LogP contribution in [0.15, 0.2) is 11.6 Å². The van der Waals surface area contributed by atoms with E-state index in [1.54, 1.807) is 0 Å². The summed E-state index contributed by atoms with van der Waals surface area (Å²) in [5.74, 6) is -2.07. The van der Waals surface area contributed by atoms with Gasteiger partial charge >= 0.3 is 5.97 Å². The van der Waals surface area contributed by atoms with E-state index in [1.165, 1.54) is 13.8 Å². The minimum atomic E-state index is -2.08. The van der Waals surface area contributed by atoms with E-state index in [4.69, 9.17) is 56.8 Å². The van der Waals surface area contributed by atoms with Gasteiger partial charge in [0.1, 0.15) is 134 Å². The van der Waals surface area contributed by atoms with Gasteiger partial charge in [0.25, 0.3) is 0 Å². The van der Waals surface area contributed by atoms with Crippen LogP contribution in [0.2, 0.25) is 0 Å². The number of aliphatic hydroxyl groups excluding tert-OH is 17. The molecule has 4 aliphatic carbocycles. The van der Waals surface area contributed by atoms with Gasteiger partial charge in [-0.15, -0.1) is 0 Å². The molecular formula is C65H106O32. The van der Waals surface area contributed by atoms with Gasteiger partial charge in [-0.05, 0) is 126 Å². The molecule has 32 heteroatoms. The summed E-state index contributed by atoms with van der Waals surface area (Å²) in [5.41, 5.74) is -3.58. The Kier molecular flexibility index (Phi) is 24.0. The Labute approximate surface area is 561 Å². The van der Waals surface area contributed by atoms with Gasteiger partial charge in [0.2, 0.25) is 6.29 Å². The average Bonchev–Trinajstić information content (AvgIpc) is 1.66. The van der Waals surface area contributed by atoms with Crippen molar-refractivity contribution in [3.05, 3.63) is 11.6 Å². The van der Waals surface area contributed by atoms with Crippen molar-refractivity contribution in [2.24, 2.45) is 45.3 Å². The maximum absolute atomic E-state index is 14.5. The van der Waals surface area contributed by atoms with Crippen molar-refractivity contribution in [1.29, 1.82) is 0 Å². The van der Waals surface area contributed by atoms with Crippen LogP contribution in [0.25, 0.3) is 0 Å². The van der Waals surface area contributed by atoms with Crippen molar-refractivity contribution >= 4 is 12.3 Å². The predicted octanol–water partition coefficient (Wildman–Crippen LogP) is -5.15. The van der Waals surface area contributed by atoms with Crippen LogP contribution in [0.4, 0.5) is 0 Å². The summed E-state index contributed by atoms with van der Waals surface area (Å²) in [6, 6.07) is 0. The molecule has 10 fully saturated rings. The first kappa shape index (κ1) is 77.3. The second-order valence-electron chi connectivity index (χ2n) is 30.3. The lowest BCUT2D eigenvalue weighted by molar-refractivity contribution is -0.394. The highest BCUT2D eigenvalue weighted by Crippen LogP contribution is 2.76. The van der Waals surface area contributed by atoms with E-state index >= 15 is 0 Å². The van der Waals surface area contributed by atoms with Crippen LogP contribution in [0.3, 0.4) is 0 Å². The predicted molar refractivity (Wildman–Crippen MR) is 323 cm³/mol. The summed E-state index contributed by atoms with van der Waals surface area (Å²) in [6.45, 7) is 12.2. The van der Waals surface area contributed by atoms with E-state index in [1.807, 2.05) is 26.8 Å². The molecule has 18 N–H and O–H groups in total. The molecule has 39 atom stereocenters. The molecule has 0 spiro atoms. The van der Waals surface area contributed by atoms with Crippen LogP contribution in [0.5, 0.6) is 0 Å². The summed E-state index contributed by atoms with van der Waals surface area (Å²) in [4.78, 5) is 28.4. The van der Waals surface area contributed by atoms with Crippen molar-refractivity contribution in [2.75, 3.05) is 26.4 Å². The zero-order valence-corrected chi connectivity index (χ0v) is 55.9. The number of rotatable bonds is 20. The van der Waals surface area contributed by atoms with Crippen molar-refractivity contribution < 1.29 is 158 Å². The Bertz CT molecular complexity index is 2680. The highest BCUT2D eigenvalue weighted by atomic mass is 16.8. The third kappa shape index (κ3) is 14.0. The van der Waals surface area contributed by atoms with Gasteiger partial charge in [0.05, 0.1) is 50.2 Å². The van der Waals surface area contributed by atoms with Crippen LogP contribution < -0.4 is 0 Å². The number of aliphatic hydroxyl groups is 18. The van der Waals surface area contributed by atoms with Crippen LogP contribution in [0, 0.1) is 45.3 Å². The van der Waals surface area contributed by atoms with E-state index in [0.29, 0.717) is 57.8 Å². The quantitative estimate of drug-likeness (QED) is 0.0235. The molecule has 0 bridgehead atoms. The van der Waals surface area contributed by atoms with E-state index in [9.17, 15) is 102 Å². The first-order chi connectivity index (χ1) is 45.6. The first-order valence-electron chi connectivity index (χ1n) is 34.1. The summed E-state index contributed by atoms with van der Waals surface area (Å²) < 4.78 is 70.9. The van der Waals surface area contributed by atoms with Crippen LogP contribution >= 0.6 is 0 Å². The van der Waals surface area contributed by atoms with Crippen LogP contribution in [-0.4, -0.2) is 320 Å². The Morgan fingerprint density at radius 1 is 0.515 bits per heavy atom. The lowest BCUT2D eigenvalue weighted by atomic mass is 9.35. The lowest BCUT2D eigenvalue weighted by Gasteiger charge is -2.69. The molecule has 97 heavy (non-hydrogen) atoms. The topological polar surface area (TPSA) is 509 Å². The molecule has 0 amide bonds. The zero-order valence-electron chi connectivity index (χ0n) is 55.9. The van der Waals surface area contributed by atoms with Crippen LogP contribution in [-0.2, 0) is 66.4 Å². The Balaban J connectivity index is 0.801. The standard InChI is InChI=1S/C65H106O32/c1-25(2)10-9-16-65(85,60(84)97-57-49(82)43(76)39(72)31(20-66)90-57)29-13-18-63(7)28(29)11-12-35-61(5)17-15-36(62(6,24-68)34(61)14-19-64(35,63)8)93-54-50(83)51(30(69)22-86-54)94-56-48(81)44(77)41(74)33(92-56)23-87-58-52(45(78)38(71)27(4)89-58)96-59-53(46(79)40(73)32(21-67)91-59)95-55-47(80)42(75)37(70)26(3)88-55/h10,24,26-59,66-67,69-83,85H,9,11-23H2,1-8H3/t26-,27-,28+,29-,30-,31+,32+,33+,34+,35+,36-,37-,38-,39+,40+,41+,42+,43-,44-,45+,46-,47+,48+,49+,50+,51-,52+,53+,54-,55-,56-,57-,58+,59-,61-,62+,63+,64+,65-/m0/s1. The van der Waals surface area contributed by atoms with E-state index < -0.39 is 244 Å². The third-order valence-electron chi connectivity index (χ3n) is 24.5. The van der Waals surface area contributed by atoms with Crippen molar-refractivity contribution in [1.82, 2.24) is 0 Å². The van der Waals surface area contributed by atoms with Gasteiger partial charge in [-0.2, -0.15) is 0 Å². The number of allylic oxidation sites excluding steroid dienone is 2. The highest BCUT2D eigenvalue weighted by molar-refractivity contribution is 5.80. The van der Waals surface area contributed by atoms with Gasteiger partial charge in [-0.1, -0.05) is 39.3 Å². The highest BCUT2D eigenvalue weighted by Gasteiger charge is 2.72. The number of ether oxygens (including phenoxy) is 12. The Morgan fingerprint density at radius 2 is 1.03 bits per heavy atom. The monoisotopic (exact) mass is 1400 g/mol. The number of esters is 1. The summed E-state index contributed by atoms with van der Waals surface area (Å²) in [6.07, 6.45) is -43.8. The second kappa shape index (κ2) is 30.1. The molecule has 558 valence electrons. The molecule has 0 aromatic heterocycles. The fourth-order valence-electron chi connectivity index (χ4n) is 18.6. The van der Waals surface area contributed by atoms with E-state index in [0.717, 1.165) is 11.9 Å². The molecule has 4 saturated carbocycles. The minimum absolute atomic E-state index is 0.0203. The minimum Gasteiger partial charge on any atom is -0.431 e. The fraction of sp³-hybridized carbons (Fsp3) is 0.938. The number of hydrogen-bond acceptors (Lipinski definition) is 32. The molecule has 0 unspecified atom stereocenters. The first-order valence-corrected chi connectivity index (χ1v) is 34.1. The maximum atomic E-state index is 14.5. The Morgan fingerprint density at radius 3 is 1.66 bits per heavy atom. The largest absolute Gasteiger partial charge is 0.431 e. The summed E-state index contributed by atoms with van der Waals surface area (Å²) in [5, 5.41) is 198. The number of aldehydes is 1. The van der Waals surface area contributed by atoms with Crippen LogP contribution in [0.1, 0.15) is 120 Å². The van der Waals surface area contributed by atoms with Gasteiger partial charge in [-0.25, -0.2) is 4.79 Å². The molecule has 0 radical (unpaired) electrons. The van der Waals surface area contributed by atoms with Gasteiger partial charge in [0.15, 0.2) is 37.1 Å².